The summed E-state index contributed by atoms with van der Waals surface area (Å²) in [6.45, 7) is 0.351. The zero-order valence-electron chi connectivity index (χ0n) is 11.0. The van der Waals surface area contributed by atoms with E-state index in [9.17, 15) is 9.18 Å². The minimum atomic E-state index is -0.263. The average Bonchev–Trinajstić information content (AvgIpc) is 2.47. The second kappa shape index (κ2) is 7.00. The van der Waals surface area contributed by atoms with Crippen LogP contribution in [0.15, 0.2) is 36.9 Å². The van der Waals surface area contributed by atoms with Crippen LogP contribution in [-0.2, 0) is 12.3 Å². The predicted octanol–water partition coefficient (Wildman–Crippen LogP) is 2.41. The summed E-state index contributed by atoms with van der Waals surface area (Å²) in [7, 11) is 0. The number of carbonyl (C=O) groups is 1. The van der Waals surface area contributed by atoms with Crippen LogP contribution in [0, 0.1) is 5.82 Å². The molecule has 6 heteroatoms. The molecular weight excluding hydrogens is 277 g/mol. The highest BCUT2D eigenvalue weighted by Gasteiger charge is 2.08. The molecule has 0 bridgehead atoms. The fourth-order valence-corrected chi connectivity index (χ4v) is 2.33. The Morgan fingerprint density at radius 3 is 2.75 bits per heavy atom. The van der Waals surface area contributed by atoms with Crippen molar-refractivity contribution >= 4 is 17.7 Å². The molecular formula is C14H14FN3OS. The quantitative estimate of drug-likeness (QED) is 0.919. The van der Waals surface area contributed by atoms with Crippen molar-refractivity contribution in [3.63, 3.8) is 0 Å². The fourth-order valence-electron chi connectivity index (χ4n) is 1.75. The number of rotatable bonds is 5. The van der Waals surface area contributed by atoms with E-state index >= 15 is 0 Å². The van der Waals surface area contributed by atoms with Crippen LogP contribution in [0.3, 0.4) is 0 Å². The van der Waals surface area contributed by atoms with Gasteiger partial charge in [0, 0.05) is 24.7 Å². The van der Waals surface area contributed by atoms with E-state index in [0.717, 1.165) is 11.1 Å². The van der Waals surface area contributed by atoms with Crippen LogP contribution in [-0.4, -0.2) is 22.1 Å². The monoisotopic (exact) mass is 291 g/mol. The zero-order chi connectivity index (χ0) is 14.4. The van der Waals surface area contributed by atoms with Crippen molar-refractivity contribution in [3.05, 3.63) is 59.4 Å². The Labute approximate surface area is 120 Å². The Morgan fingerprint density at radius 1 is 1.30 bits per heavy atom. The molecule has 2 aromatic rings. The molecule has 0 aliphatic rings. The Morgan fingerprint density at radius 2 is 2.05 bits per heavy atom. The lowest BCUT2D eigenvalue weighted by Crippen LogP contribution is -2.23. The first-order valence-corrected chi connectivity index (χ1v) is 7.39. The number of hydrogen-bond donors (Lipinski definition) is 1. The maximum Gasteiger partial charge on any atom is 0.254 e. The third-order valence-electron chi connectivity index (χ3n) is 2.73. The standard InChI is InChI=1S/C14H14FN3OS/c1-20-8-11-4-13(15)3-2-10(11)7-18-14(19)12-5-16-9-17-6-12/h2-6,9H,7-8H2,1H3,(H,18,19). The first-order valence-electron chi connectivity index (χ1n) is 6.00. The summed E-state index contributed by atoms with van der Waals surface area (Å²) in [5.74, 6) is 0.197. The highest BCUT2D eigenvalue weighted by molar-refractivity contribution is 7.97. The summed E-state index contributed by atoms with van der Waals surface area (Å²) < 4.78 is 13.2. The molecule has 0 saturated heterocycles. The van der Waals surface area contributed by atoms with Crippen molar-refractivity contribution in [1.82, 2.24) is 15.3 Å². The second-order valence-corrected chi connectivity index (χ2v) is 5.02. The second-order valence-electron chi connectivity index (χ2n) is 4.16. The lowest BCUT2D eigenvalue weighted by molar-refractivity contribution is 0.0950. The van der Waals surface area contributed by atoms with Gasteiger partial charge in [-0.25, -0.2) is 14.4 Å². The van der Waals surface area contributed by atoms with Crippen LogP contribution in [0.25, 0.3) is 0 Å². The van der Waals surface area contributed by atoms with Gasteiger partial charge in [-0.2, -0.15) is 11.8 Å². The van der Waals surface area contributed by atoms with Crippen molar-refractivity contribution in [1.29, 1.82) is 0 Å². The van der Waals surface area contributed by atoms with Crippen LogP contribution in [0.2, 0.25) is 0 Å². The molecule has 0 aliphatic carbocycles. The summed E-state index contributed by atoms with van der Waals surface area (Å²) in [6, 6.07) is 4.60. The van der Waals surface area contributed by atoms with Gasteiger partial charge in [0.25, 0.3) is 5.91 Å². The Hall–Kier alpha value is -1.95. The average molecular weight is 291 g/mol. The minimum absolute atomic E-state index is 0.245. The van der Waals surface area contributed by atoms with Crippen LogP contribution < -0.4 is 5.32 Å². The third kappa shape index (κ3) is 3.77. The molecule has 0 aliphatic heterocycles. The number of halogens is 1. The SMILES string of the molecule is CSCc1cc(F)ccc1CNC(=O)c1cncnc1. The maximum atomic E-state index is 13.2. The lowest BCUT2D eigenvalue weighted by Gasteiger charge is -2.10. The summed E-state index contributed by atoms with van der Waals surface area (Å²) in [5, 5.41) is 2.78. The van der Waals surface area contributed by atoms with E-state index in [1.165, 1.54) is 30.9 Å². The number of thioether (sulfide) groups is 1. The number of aromatic nitrogens is 2. The Kier molecular flexibility index (Phi) is 5.06. The number of nitrogens with one attached hydrogen (secondary N) is 1. The van der Waals surface area contributed by atoms with Gasteiger partial charge >= 0.3 is 0 Å². The fraction of sp³-hybridized carbons (Fsp3) is 0.214. The summed E-state index contributed by atoms with van der Waals surface area (Å²) in [4.78, 5) is 19.5. The number of carbonyl (C=O) groups excluding carboxylic acids is 1. The van der Waals surface area contributed by atoms with E-state index in [1.54, 1.807) is 17.8 Å². The van der Waals surface area contributed by atoms with Gasteiger partial charge in [-0.1, -0.05) is 6.07 Å². The number of benzene rings is 1. The maximum absolute atomic E-state index is 13.2. The zero-order valence-corrected chi connectivity index (χ0v) is 11.8. The summed E-state index contributed by atoms with van der Waals surface area (Å²) >= 11 is 1.61. The van der Waals surface area contributed by atoms with E-state index in [-0.39, 0.29) is 11.7 Å². The molecule has 0 atom stereocenters. The number of amides is 1. The molecule has 0 fully saturated rings. The minimum Gasteiger partial charge on any atom is -0.348 e. The molecule has 2 rings (SSSR count). The van der Waals surface area contributed by atoms with Crippen molar-refractivity contribution in [2.24, 2.45) is 0 Å². The normalized spacial score (nSPS) is 10.3. The molecule has 0 unspecified atom stereocenters. The van der Waals surface area contributed by atoms with E-state index in [1.807, 2.05) is 6.26 Å². The van der Waals surface area contributed by atoms with Crippen molar-refractivity contribution in [2.45, 2.75) is 12.3 Å². The van der Waals surface area contributed by atoms with Gasteiger partial charge in [0.1, 0.15) is 12.1 Å². The number of nitrogens with zero attached hydrogens (tertiary/aromatic N) is 2. The Bertz CT molecular complexity index is 592. The highest BCUT2D eigenvalue weighted by atomic mass is 32.2. The van der Waals surface area contributed by atoms with Gasteiger partial charge in [0.05, 0.1) is 5.56 Å². The van der Waals surface area contributed by atoms with Crippen LogP contribution >= 0.6 is 11.8 Å². The lowest BCUT2D eigenvalue weighted by atomic mass is 10.1. The van der Waals surface area contributed by atoms with E-state index in [4.69, 9.17) is 0 Å². The predicted molar refractivity (Wildman–Crippen MR) is 76.8 cm³/mol. The van der Waals surface area contributed by atoms with Crippen molar-refractivity contribution in [2.75, 3.05) is 6.26 Å². The number of hydrogen-bond acceptors (Lipinski definition) is 4. The van der Waals surface area contributed by atoms with Gasteiger partial charge in [-0.3, -0.25) is 4.79 Å². The first-order chi connectivity index (χ1) is 9.70. The largest absolute Gasteiger partial charge is 0.348 e. The molecule has 0 radical (unpaired) electrons. The topological polar surface area (TPSA) is 54.9 Å². The van der Waals surface area contributed by atoms with Crippen LogP contribution in [0.4, 0.5) is 4.39 Å². The summed E-state index contributed by atoms with van der Waals surface area (Å²) in [6.07, 6.45) is 6.23. The molecule has 1 amide bonds. The Balaban J connectivity index is 2.05. The summed E-state index contributed by atoms with van der Waals surface area (Å²) in [5.41, 5.74) is 2.20. The van der Waals surface area contributed by atoms with Gasteiger partial charge in [-0.05, 0) is 29.5 Å². The molecule has 0 spiro atoms. The molecule has 1 aromatic carbocycles. The van der Waals surface area contributed by atoms with Crippen molar-refractivity contribution < 1.29 is 9.18 Å². The van der Waals surface area contributed by atoms with Gasteiger partial charge in [0.2, 0.25) is 0 Å². The molecule has 0 saturated carbocycles. The smallest absolute Gasteiger partial charge is 0.254 e. The van der Waals surface area contributed by atoms with Gasteiger partial charge in [0.15, 0.2) is 0 Å². The van der Waals surface area contributed by atoms with Crippen LogP contribution in [0.5, 0.6) is 0 Å². The molecule has 4 nitrogen and oxygen atoms in total. The highest BCUT2D eigenvalue weighted by Crippen LogP contribution is 2.16. The molecule has 20 heavy (non-hydrogen) atoms. The van der Waals surface area contributed by atoms with E-state index in [0.29, 0.717) is 17.9 Å². The van der Waals surface area contributed by atoms with E-state index < -0.39 is 0 Å². The molecule has 104 valence electrons. The first kappa shape index (κ1) is 14.5. The van der Waals surface area contributed by atoms with Gasteiger partial charge in [-0.15, -0.1) is 0 Å². The third-order valence-corrected chi connectivity index (χ3v) is 3.33. The van der Waals surface area contributed by atoms with Crippen molar-refractivity contribution in [3.8, 4) is 0 Å². The van der Waals surface area contributed by atoms with Crippen LogP contribution in [0.1, 0.15) is 21.5 Å². The molecule has 1 N–H and O–H groups in total. The molecule has 1 heterocycles. The van der Waals surface area contributed by atoms with E-state index in [2.05, 4.69) is 15.3 Å². The van der Waals surface area contributed by atoms with Gasteiger partial charge < -0.3 is 5.32 Å². The molecule has 1 aromatic heterocycles.